The number of benzene rings is 1. The van der Waals surface area contributed by atoms with E-state index >= 15 is 0 Å². The maximum Gasteiger partial charge on any atom is 0.173 e. The van der Waals surface area contributed by atoms with Gasteiger partial charge in [0.05, 0.1) is 6.61 Å². The van der Waals surface area contributed by atoms with E-state index in [0.29, 0.717) is 0 Å². The summed E-state index contributed by atoms with van der Waals surface area (Å²) in [5.74, 6) is 3.01. The van der Waals surface area contributed by atoms with E-state index in [2.05, 4.69) is 19.9 Å². The van der Waals surface area contributed by atoms with Crippen molar-refractivity contribution < 1.29 is 9.47 Å². The molecule has 14 heavy (non-hydrogen) atoms. The highest BCUT2D eigenvalue weighted by molar-refractivity contribution is 5.60. The molecule has 1 aromatic rings. The fraction of sp³-hybridized carbons (Fsp3) is 0.500. The fourth-order valence-electron chi connectivity index (χ4n) is 1.55. The van der Waals surface area contributed by atoms with Crippen LogP contribution in [0.25, 0.3) is 0 Å². The molecule has 0 radical (unpaired) electrons. The zero-order chi connectivity index (χ0) is 9.97. The van der Waals surface area contributed by atoms with Gasteiger partial charge in [-0.3, -0.25) is 0 Å². The SMILES string of the molecule is CCCOc1cc2c(cc1CCC)O2. The highest BCUT2D eigenvalue weighted by Crippen LogP contribution is 2.49. The topological polar surface area (TPSA) is 21.8 Å². The Bertz CT molecular complexity index is 331. The minimum atomic E-state index is 0.787. The Hall–Kier alpha value is -1.18. The number of hydrogen-bond donors (Lipinski definition) is 0. The minimum Gasteiger partial charge on any atom is -0.493 e. The molecule has 0 aromatic heterocycles. The van der Waals surface area contributed by atoms with Crippen LogP contribution in [0.5, 0.6) is 17.2 Å². The Morgan fingerprint density at radius 2 is 1.93 bits per heavy atom. The van der Waals surface area contributed by atoms with Crippen LogP contribution in [0.1, 0.15) is 32.3 Å². The average Bonchev–Trinajstić information content (AvgIpc) is 2.92. The second-order valence-corrected chi connectivity index (χ2v) is 3.61. The molecule has 0 N–H and O–H groups in total. The van der Waals surface area contributed by atoms with Crippen molar-refractivity contribution in [2.45, 2.75) is 33.1 Å². The van der Waals surface area contributed by atoms with Crippen LogP contribution in [0.3, 0.4) is 0 Å². The van der Waals surface area contributed by atoms with Gasteiger partial charge < -0.3 is 9.47 Å². The Kier molecular flexibility index (Phi) is 2.62. The van der Waals surface area contributed by atoms with Gasteiger partial charge in [0, 0.05) is 6.07 Å². The molecular formula is C12H16O2. The number of fused-ring (bicyclic) bond motifs is 1. The largest absolute Gasteiger partial charge is 0.493 e. The molecule has 76 valence electrons. The number of aryl methyl sites for hydroxylation is 1. The van der Waals surface area contributed by atoms with Crippen molar-refractivity contribution in [3.8, 4) is 17.2 Å². The normalized spacial score (nSPS) is 11.9. The predicted molar refractivity (Wildman–Crippen MR) is 56.3 cm³/mol. The second kappa shape index (κ2) is 3.91. The van der Waals surface area contributed by atoms with Gasteiger partial charge in [-0.25, -0.2) is 0 Å². The van der Waals surface area contributed by atoms with Crippen molar-refractivity contribution in [1.29, 1.82) is 0 Å². The Morgan fingerprint density at radius 3 is 2.64 bits per heavy atom. The molecule has 2 heteroatoms. The van der Waals surface area contributed by atoms with Crippen molar-refractivity contribution in [2.75, 3.05) is 6.61 Å². The minimum absolute atomic E-state index is 0.787. The third-order valence-electron chi connectivity index (χ3n) is 2.29. The van der Waals surface area contributed by atoms with Crippen LogP contribution in [0.2, 0.25) is 0 Å². The van der Waals surface area contributed by atoms with Crippen molar-refractivity contribution in [1.82, 2.24) is 0 Å². The van der Waals surface area contributed by atoms with Crippen molar-refractivity contribution >= 4 is 0 Å². The van der Waals surface area contributed by atoms with Crippen LogP contribution in [-0.2, 0) is 6.42 Å². The maximum absolute atomic E-state index is 5.67. The molecule has 2 rings (SSSR count). The summed E-state index contributed by atoms with van der Waals surface area (Å²) in [7, 11) is 0. The van der Waals surface area contributed by atoms with Crippen LogP contribution in [0, 0.1) is 0 Å². The molecule has 0 fully saturated rings. The van der Waals surface area contributed by atoms with E-state index in [1.165, 1.54) is 5.56 Å². The second-order valence-electron chi connectivity index (χ2n) is 3.61. The lowest BCUT2D eigenvalue weighted by Crippen LogP contribution is -1.97. The van der Waals surface area contributed by atoms with Gasteiger partial charge in [-0.05, 0) is 24.5 Å². The van der Waals surface area contributed by atoms with E-state index in [9.17, 15) is 0 Å². The smallest absolute Gasteiger partial charge is 0.173 e. The van der Waals surface area contributed by atoms with E-state index in [4.69, 9.17) is 9.47 Å². The van der Waals surface area contributed by atoms with Gasteiger partial charge in [-0.15, -0.1) is 0 Å². The predicted octanol–water partition coefficient (Wildman–Crippen LogP) is 3.53. The molecule has 0 saturated carbocycles. The molecule has 0 spiro atoms. The van der Waals surface area contributed by atoms with Gasteiger partial charge >= 0.3 is 0 Å². The van der Waals surface area contributed by atoms with Crippen LogP contribution in [0.4, 0.5) is 0 Å². The summed E-state index contributed by atoms with van der Waals surface area (Å²) < 4.78 is 10.9. The van der Waals surface area contributed by atoms with E-state index in [1.54, 1.807) is 0 Å². The van der Waals surface area contributed by atoms with Crippen molar-refractivity contribution in [3.63, 3.8) is 0 Å². The molecule has 1 aliphatic heterocycles. The molecule has 1 aromatic carbocycles. The highest BCUT2D eigenvalue weighted by Gasteiger charge is 2.23. The summed E-state index contributed by atoms with van der Waals surface area (Å²) in [6.45, 7) is 5.08. The molecule has 2 nitrogen and oxygen atoms in total. The van der Waals surface area contributed by atoms with Crippen molar-refractivity contribution in [2.24, 2.45) is 0 Å². The maximum atomic E-state index is 5.67. The summed E-state index contributed by atoms with van der Waals surface area (Å²) in [4.78, 5) is 0. The van der Waals surface area contributed by atoms with E-state index in [-0.39, 0.29) is 0 Å². The molecule has 0 unspecified atom stereocenters. The van der Waals surface area contributed by atoms with Crippen LogP contribution in [-0.4, -0.2) is 6.61 Å². The van der Waals surface area contributed by atoms with E-state index in [1.807, 2.05) is 6.07 Å². The molecule has 0 bridgehead atoms. The van der Waals surface area contributed by atoms with Crippen LogP contribution < -0.4 is 9.47 Å². The number of hydrogen-bond acceptors (Lipinski definition) is 2. The van der Waals surface area contributed by atoms with Gasteiger partial charge in [0.15, 0.2) is 11.5 Å². The molecular weight excluding hydrogens is 176 g/mol. The molecule has 0 atom stereocenters. The van der Waals surface area contributed by atoms with Crippen LogP contribution in [0.15, 0.2) is 12.1 Å². The first-order valence-corrected chi connectivity index (χ1v) is 5.32. The Balaban J connectivity index is 2.15. The van der Waals surface area contributed by atoms with E-state index in [0.717, 1.165) is 43.1 Å². The van der Waals surface area contributed by atoms with Gasteiger partial charge in [-0.1, -0.05) is 20.3 Å². The summed E-state index contributed by atoms with van der Waals surface area (Å²) in [5.41, 5.74) is 1.28. The Morgan fingerprint density at radius 1 is 1.14 bits per heavy atom. The molecule has 1 heterocycles. The van der Waals surface area contributed by atoms with Gasteiger partial charge in [0.25, 0.3) is 0 Å². The number of ether oxygens (including phenoxy) is 2. The highest BCUT2D eigenvalue weighted by atomic mass is 16.6. The standard InChI is InChI=1S/C12H16O2/c1-3-5-9-7-11-12(14-11)8-10(9)13-6-4-2/h7-8H,3-6H2,1-2H3. The zero-order valence-corrected chi connectivity index (χ0v) is 8.80. The first-order chi connectivity index (χ1) is 6.85. The fourth-order valence-corrected chi connectivity index (χ4v) is 1.55. The van der Waals surface area contributed by atoms with Gasteiger partial charge in [0.2, 0.25) is 0 Å². The summed E-state index contributed by atoms with van der Waals surface area (Å²) in [6, 6.07) is 4.11. The molecule has 0 saturated heterocycles. The van der Waals surface area contributed by atoms with Crippen LogP contribution >= 0.6 is 0 Å². The van der Waals surface area contributed by atoms with E-state index < -0.39 is 0 Å². The zero-order valence-electron chi connectivity index (χ0n) is 8.80. The lowest BCUT2D eigenvalue weighted by molar-refractivity contribution is 0.314. The first kappa shape index (κ1) is 9.38. The lowest BCUT2D eigenvalue weighted by atomic mass is 10.1. The number of rotatable bonds is 5. The summed E-state index contributed by atoms with van der Waals surface area (Å²) >= 11 is 0. The monoisotopic (exact) mass is 192 g/mol. The lowest BCUT2D eigenvalue weighted by Gasteiger charge is -2.07. The first-order valence-electron chi connectivity index (χ1n) is 5.32. The van der Waals surface area contributed by atoms with Gasteiger partial charge in [0.1, 0.15) is 5.75 Å². The van der Waals surface area contributed by atoms with Crippen molar-refractivity contribution in [3.05, 3.63) is 17.7 Å². The summed E-state index contributed by atoms with van der Waals surface area (Å²) in [5, 5.41) is 0. The third kappa shape index (κ3) is 1.84. The molecule has 0 amide bonds. The summed E-state index contributed by atoms with van der Waals surface area (Å²) in [6.07, 6.45) is 3.25. The molecule has 0 aliphatic carbocycles. The average molecular weight is 192 g/mol. The Labute approximate surface area is 84.8 Å². The quantitative estimate of drug-likeness (QED) is 0.676. The van der Waals surface area contributed by atoms with Gasteiger partial charge in [-0.2, -0.15) is 0 Å². The molecule has 1 aliphatic rings. The third-order valence-corrected chi connectivity index (χ3v) is 2.29.